The smallest absolute Gasteiger partial charge is 0.338 e. The number of nitrogens with zero attached hydrogens (tertiary/aromatic N) is 1. The monoisotopic (exact) mass is 683 g/mol. The summed E-state index contributed by atoms with van der Waals surface area (Å²) in [5.41, 5.74) is 2.35. The fourth-order valence-electron chi connectivity index (χ4n) is 5.81. The zero-order chi connectivity index (χ0) is 35.8. The number of carbonyl (C=O) groups is 4. The summed E-state index contributed by atoms with van der Waals surface area (Å²) in [6.07, 6.45) is 0.492. The number of esters is 1. The zero-order valence-electron chi connectivity index (χ0n) is 28.0. The quantitative estimate of drug-likeness (QED) is 0.166. The van der Waals surface area contributed by atoms with E-state index in [2.05, 4.69) is 10.6 Å². The van der Waals surface area contributed by atoms with Crippen LogP contribution in [0.2, 0.25) is 0 Å². The fraction of sp³-hybridized carbons (Fsp3) is 0.316. The molecule has 0 aromatic heterocycles. The fourth-order valence-corrected chi connectivity index (χ4v) is 5.81. The zero-order valence-corrected chi connectivity index (χ0v) is 28.0. The standard InChI is InChI=1S/C38H41N3O9/c1-24(43)33(36(46)39-19-20-42)40-35(45)27-22-30(48-37(47)26-12-10-11-25(21-26)17-18-32(44)41(2)3)34-31(23-27)49-38(50-34,28-13-6-4-7-14-28)29-15-8-5-9-16-29/h4-18,21,23-24,30-31,33-34,42-43H,19-20,22H2,1-3H3,(H,39,46)(H,40,45)/t24-,30+,31+,33+,34-/m0/s1. The maximum absolute atomic E-state index is 13.7. The molecule has 50 heavy (non-hydrogen) atoms. The number of amides is 3. The number of hydrogen-bond donors (Lipinski definition) is 4. The lowest BCUT2D eigenvalue weighted by Crippen LogP contribution is -2.54. The maximum atomic E-state index is 13.7. The molecule has 12 heteroatoms. The van der Waals surface area contributed by atoms with Crippen LogP contribution in [0.5, 0.6) is 0 Å². The Morgan fingerprint density at radius 1 is 0.980 bits per heavy atom. The molecule has 0 spiro atoms. The number of aliphatic hydroxyl groups excluding tert-OH is 2. The van der Waals surface area contributed by atoms with E-state index in [1.165, 1.54) is 17.9 Å². The van der Waals surface area contributed by atoms with Crippen molar-refractivity contribution in [2.24, 2.45) is 0 Å². The SMILES string of the molecule is C[C@H](O)[C@@H](NC(=O)C1=C[C@H]2OC(c3ccccc3)(c3ccccc3)O[C@H]2[C@H](OC(=O)c2cccc(C=CC(=O)N(C)C)c2)C1)C(=O)NCCO. The Balaban J connectivity index is 1.48. The van der Waals surface area contributed by atoms with Crippen LogP contribution in [0.15, 0.2) is 103 Å². The summed E-state index contributed by atoms with van der Waals surface area (Å²) >= 11 is 0. The van der Waals surface area contributed by atoms with Crippen LogP contribution in [0.4, 0.5) is 0 Å². The van der Waals surface area contributed by atoms with Crippen LogP contribution >= 0.6 is 0 Å². The number of ether oxygens (including phenoxy) is 3. The van der Waals surface area contributed by atoms with Gasteiger partial charge in [-0.3, -0.25) is 14.4 Å². The number of carbonyl (C=O) groups excluding carboxylic acids is 4. The van der Waals surface area contributed by atoms with E-state index in [9.17, 15) is 24.3 Å². The molecular weight excluding hydrogens is 642 g/mol. The minimum Gasteiger partial charge on any atom is -0.456 e. The first-order valence-electron chi connectivity index (χ1n) is 16.3. The van der Waals surface area contributed by atoms with E-state index in [0.29, 0.717) is 16.7 Å². The third-order valence-corrected chi connectivity index (χ3v) is 8.38. The molecule has 262 valence electrons. The molecule has 2 aliphatic rings. The largest absolute Gasteiger partial charge is 0.456 e. The summed E-state index contributed by atoms with van der Waals surface area (Å²) in [7, 11) is 3.27. The summed E-state index contributed by atoms with van der Waals surface area (Å²) in [5.74, 6) is -3.66. The van der Waals surface area contributed by atoms with Gasteiger partial charge in [-0.1, -0.05) is 72.8 Å². The van der Waals surface area contributed by atoms with Gasteiger partial charge in [0.05, 0.1) is 18.3 Å². The van der Waals surface area contributed by atoms with E-state index in [1.54, 1.807) is 50.5 Å². The molecule has 1 fully saturated rings. The molecule has 0 bridgehead atoms. The highest BCUT2D eigenvalue weighted by molar-refractivity contribution is 5.98. The van der Waals surface area contributed by atoms with Crippen molar-refractivity contribution in [3.8, 4) is 0 Å². The molecule has 1 heterocycles. The highest BCUT2D eigenvalue weighted by Crippen LogP contribution is 2.47. The Hall–Kier alpha value is -5.14. The van der Waals surface area contributed by atoms with E-state index in [1.807, 2.05) is 60.7 Å². The molecule has 0 radical (unpaired) electrons. The molecule has 5 atom stereocenters. The average Bonchev–Trinajstić information content (AvgIpc) is 3.53. The molecule has 3 aromatic rings. The van der Waals surface area contributed by atoms with Crippen LogP contribution in [0.3, 0.4) is 0 Å². The van der Waals surface area contributed by atoms with Gasteiger partial charge in [-0.2, -0.15) is 0 Å². The highest BCUT2D eigenvalue weighted by Gasteiger charge is 2.55. The van der Waals surface area contributed by atoms with Gasteiger partial charge >= 0.3 is 5.97 Å². The molecule has 5 rings (SSSR count). The molecule has 1 aliphatic carbocycles. The van der Waals surface area contributed by atoms with Crippen molar-refractivity contribution in [3.05, 3.63) is 125 Å². The van der Waals surface area contributed by atoms with Crippen molar-refractivity contribution >= 4 is 29.8 Å². The normalized spacial score (nSPS) is 20.6. The van der Waals surface area contributed by atoms with Crippen molar-refractivity contribution in [1.29, 1.82) is 0 Å². The second kappa shape index (κ2) is 16.0. The predicted molar refractivity (Wildman–Crippen MR) is 183 cm³/mol. The lowest BCUT2D eigenvalue weighted by atomic mass is 9.91. The number of likely N-dealkylation sites (N-methyl/N-ethyl adjacent to an activating group) is 1. The Morgan fingerprint density at radius 2 is 1.64 bits per heavy atom. The second-order valence-electron chi connectivity index (χ2n) is 12.3. The number of rotatable bonds is 12. The van der Waals surface area contributed by atoms with Gasteiger partial charge < -0.3 is 40.0 Å². The van der Waals surface area contributed by atoms with Crippen molar-refractivity contribution in [2.75, 3.05) is 27.2 Å². The number of aliphatic hydroxyl groups is 2. The van der Waals surface area contributed by atoms with Crippen LogP contribution in [0, 0.1) is 0 Å². The Bertz CT molecular complexity index is 1700. The van der Waals surface area contributed by atoms with E-state index >= 15 is 0 Å². The summed E-state index contributed by atoms with van der Waals surface area (Å²) < 4.78 is 19.5. The van der Waals surface area contributed by atoms with Gasteiger partial charge in [-0.05, 0) is 36.8 Å². The van der Waals surface area contributed by atoms with Gasteiger partial charge in [0.1, 0.15) is 24.4 Å². The van der Waals surface area contributed by atoms with Crippen molar-refractivity contribution in [1.82, 2.24) is 15.5 Å². The third-order valence-electron chi connectivity index (χ3n) is 8.38. The van der Waals surface area contributed by atoms with Crippen LogP contribution in [0.1, 0.15) is 40.4 Å². The first-order chi connectivity index (χ1) is 24.0. The summed E-state index contributed by atoms with van der Waals surface area (Å²) in [6, 6.07) is 23.9. The first-order valence-corrected chi connectivity index (χ1v) is 16.3. The molecule has 3 amide bonds. The highest BCUT2D eigenvalue weighted by atomic mass is 16.8. The lowest BCUT2D eigenvalue weighted by Gasteiger charge is -2.31. The maximum Gasteiger partial charge on any atom is 0.338 e. The molecule has 12 nitrogen and oxygen atoms in total. The second-order valence-corrected chi connectivity index (χ2v) is 12.3. The van der Waals surface area contributed by atoms with E-state index in [0.717, 1.165) is 0 Å². The molecule has 0 unspecified atom stereocenters. The number of hydrogen-bond acceptors (Lipinski definition) is 9. The topological polar surface area (TPSA) is 164 Å². The van der Waals surface area contributed by atoms with Crippen molar-refractivity contribution in [2.45, 2.75) is 49.6 Å². The third kappa shape index (κ3) is 8.17. The van der Waals surface area contributed by atoms with Crippen molar-refractivity contribution < 1.29 is 43.6 Å². The van der Waals surface area contributed by atoms with Gasteiger partial charge in [0.2, 0.25) is 23.5 Å². The molecular formula is C38H41N3O9. The summed E-state index contributed by atoms with van der Waals surface area (Å²) in [6.45, 7) is 0.988. The molecule has 1 saturated heterocycles. The Kier molecular flexibility index (Phi) is 11.6. The summed E-state index contributed by atoms with van der Waals surface area (Å²) in [5, 5.41) is 24.5. The minimum atomic E-state index is -1.42. The van der Waals surface area contributed by atoms with E-state index < -0.39 is 54.0 Å². The van der Waals surface area contributed by atoms with E-state index in [-0.39, 0.29) is 36.6 Å². The minimum absolute atomic E-state index is 0.0580. The lowest BCUT2D eigenvalue weighted by molar-refractivity contribution is -0.157. The summed E-state index contributed by atoms with van der Waals surface area (Å²) in [4.78, 5) is 53.6. The van der Waals surface area contributed by atoms with Gasteiger partial charge in [-0.15, -0.1) is 0 Å². The Morgan fingerprint density at radius 3 is 2.24 bits per heavy atom. The molecule has 3 aromatic carbocycles. The van der Waals surface area contributed by atoms with E-state index in [4.69, 9.17) is 19.3 Å². The van der Waals surface area contributed by atoms with Crippen LogP contribution in [-0.2, 0) is 34.4 Å². The van der Waals surface area contributed by atoms with Crippen LogP contribution in [0.25, 0.3) is 6.08 Å². The molecule has 4 N–H and O–H groups in total. The van der Waals surface area contributed by atoms with Crippen molar-refractivity contribution in [3.63, 3.8) is 0 Å². The van der Waals surface area contributed by atoms with Crippen LogP contribution in [-0.4, -0.2) is 96.5 Å². The molecule has 0 saturated carbocycles. The Labute approximate surface area is 290 Å². The predicted octanol–water partition coefficient (Wildman–Crippen LogP) is 2.30. The molecule has 1 aliphatic heterocycles. The number of benzene rings is 3. The average molecular weight is 684 g/mol. The first kappa shape index (κ1) is 36.1. The van der Waals surface area contributed by atoms with Gasteiger partial charge in [-0.25, -0.2) is 4.79 Å². The van der Waals surface area contributed by atoms with Gasteiger partial charge in [0.25, 0.3) is 0 Å². The van der Waals surface area contributed by atoms with Crippen LogP contribution < -0.4 is 10.6 Å². The van der Waals surface area contributed by atoms with Gasteiger partial charge in [0.15, 0.2) is 0 Å². The van der Waals surface area contributed by atoms with Gasteiger partial charge in [0, 0.05) is 49.8 Å². The number of fused-ring (bicyclic) bond motifs is 1. The number of nitrogens with one attached hydrogen (secondary N) is 2.